The molecule has 2 aromatic rings. The minimum atomic E-state index is -0.640. The second-order valence-corrected chi connectivity index (χ2v) is 6.32. The van der Waals surface area contributed by atoms with Gasteiger partial charge in [0.05, 0.1) is 13.2 Å². The van der Waals surface area contributed by atoms with Crippen LogP contribution in [-0.4, -0.2) is 23.0 Å². The summed E-state index contributed by atoms with van der Waals surface area (Å²) in [5.74, 6) is -0.703. The summed E-state index contributed by atoms with van der Waals surface area (Å²) in [7, 11) is 1.37. The van der Waals surface area contributed by atoms with Crippen LogP contribution in [0, 0.1) is 18.6 Å². The van der Waals surface area contributed by atoms with Crippen LogP contribution in [0.3, 0.4) is 0 Å². The van der Waals surface area contributed by atoms with Gasteiger partial charge in [-0.3, -0.25) is 4.68 Å². The Bertz CT molecular complexity index is 701. The van der Waals surface area contributed by atoms with E-state index in [2.05, 4.69) is 5.10 Å². The van der Waals surface area contributed by atoms with E-state index in [0.717, 1.165) is 5.69 Å². The van der Waals surface area contributed by atoms with Gasteiger partial charge in [-0.1, -0.05) is 0 Å². The zero-order valence-electron chi connectivity index (χ0n) is 15.0. The van der Waals surface area contributed by atoms with Crippen LogP contribution in [0.4, 0.5) is 8.78 Å². The average molecular weight is 338 g/mol. The van der Waals surface area contributed by atoms with E-state index in [9.17, 15) is 8.78 Å². The molecule has 24 heavy (non-hydrogen) atoms. The van der Waals surface area contributed by atoms with Crippen molar-refractivity contribution in [1.82, 2.24) is 9.78 Å². The van der Waals surface area contributed by atoms with Gasteiger partial charge in [-0.2, -0.15) is 0 Å². The van der Waals surface area contributed by atoms with Crippen molar-refractivity contribution >= 4 is 0 Å². The number of hydrogen-bond donors (Lipinski definition) is 0. The summed E-state index contributed by atoms with van der Waals surface area (Å²) in [6.07, 6.45) is -0.00773. The molecule has 0 saturated carbocycles. The summed E-state index contributed by atoms with van der Waals surface area (Å²) >= 11 is 0. The van der Waals surface area contributed by atoms with Gasteiger partial charge in [0.1, 0.15) is 17.4 Å². The molecule has 0 unspecified atom stereocenters. The van der Waals surface area contributed by atoms with Crippen molar-refractivity contribution in [1.29, 1.82) is 0 Å². The first kappa shape index (κ1) is 18.2. The number of nitrogens with zero attached hydrogens (tertiary/aromatic N) is 2. The second kappa shape index (κ2) is 7.20. The highest BCUT2D eigenvalue weighted by atomic mass is 19.1. The highest BCUT2D eigenvalue weighted by Crippen LogP contribution is 2.30. The highest BCUT2D eigenvalue weighted by Gasteiger charge is 2.22. The van der Waals surface area contributed by atoms with Crippen LogP contribution >= 0.6 is 0 Å². The largest absolute Gasteiger partial charge is 0.497 e. The van der Waals surface area contributed by atoms with Crippen molar-refractivity contribution in [2.24, 2.45) is 0 Å². The van der Waals surface area contributed by atoms with E-state index >= 15 is 0 Å². The third-order valence-corrected chi connectivity index (χ3v) is 3.78. The van der Waals surface area contributed by atoms with Crippen molar-refractivity contribution < 1.29 is 18.3 Å². The SMILES string of the molecule is COc1cc(F)c(Cc2c(OC(C)C)nn(C(C)C)c2C)c(F)c1. The molecule has 0 fully saturated rings. The van der Waals surface area contributed by atoms with Crippen LogP contribution in [0.1, 0.15) is 50.6 Å². The fraction of sp³-hybridized carbons (Fsp3) is 0.500. The van der Waals surface area contributed by atoms with Crippen LogP contribution in [-0.2, 0) is 6.42 Å². The standard InChI is InChI=1S/C18H24F2N2O2/c1-10(2)22-12(5)14(18(21-22)24-11(3)4)9-15-16(19)7-13(23-6)8-17(15)20/h7-8,10-11H,9H2,1-6H3. The van der Waals surface area contributed by atoms with Crippen molar-refractivity contribution in [3.8, 4) is 11.6 Å². The molecule has 0 spiro atoms. The topological polar surface area (TPSA) is 36.3 Å². The van der Waals surface area contributed by atoms with E-state index < -0.39 is 11.6 Å². The first-order valence-corrected chi connectivity index (χ1v) is 8.01. The number of benzene rings is 1. The Balaban J connectivity index is 2.49. The summed E-state index contributed by atoms with van der Waals surface area (Å²) in [6, 6.07) is 2.49. The zero-order chi connectivity index (χ0) is 18.0. The normalized spacial score (nSPS) is 11.4. The average Bonchev–Trinajstić information content (AvgIpc) is 2.78. The van der Waals surface area contributed by atoms with Crippen LogP contribution in [0.15, 0.2) is 12.1 Å². The van der Waals surface area contributed by atoms with E-state index in [1.165, 1.54) is 19.2 Å². The molecule has 0 bridgehead atoms. The molecule has 0 radical (unpaired) electrons. The van der Waals surface area contributed by atoms with Gasteiger partial charge in [-0.15, -0.1) is 5.10 Å². The maximum atomic E-state index is 14.3. The molecule has 1 aromatic heterocycles. The van der Waals surface area contributed by atoms with Crippen LogP contribution in [0.2, 0.25) is 0 Å². The van der Waals surface area contributed by atoms with Gasteiger partial charge in [0.25, 0.3) is 0 Å². The Morgan fingerprint density at radius 3 is 2.12 bits per heavy atom. The number of rotatable bonds is 6. The maximum absolute atomic E-state index is 14.3. The number of ether oxygens (including phenoxy) is 2. The first-order valence-electron chi connectivity index (χ1n) is 8.01. The van der Waals surface area contributed by atoms with Crippen molar-refractivity contribution in [3.63, 3.8) is 0 Å². The fourth-order valence-electron chi connectivity index (χ4n) is 2.59. The quantitative estimate of drug-likeness (QED) is 0.781. The third-order valence-electron chi connectivity index (χ3n) is 3.78. The lowest BCUT2D eigenvalue weighted by molar-refractivity contribution is 0.227. The van der Waals surface area contributed by atoms with E-state index in [0.29, 0.717) is 11.4 Å². The van der Waals surface area contributed by atoms with Gasteiger partial charge < -0.3 is 9.47 Å². The summed E-state index contributed by atoms with van der Waals surface area (Å²) < 4.78 is 41.0. The molecule has 1 heterocycles. The van der Waals surface area contributed by atoms with Gasteiger partial charge in [-0.25, -0.2) is 8.78 Å². The van der Waals surface area contributed by atoms with Crippen LogP contribution < -0.4 is 9.47 Å². The van der Waals surface area contributed by atoms with Crippen molar-refractivity contribution in [2.45, 2.75) is 53.2 Å². The monoisotopic (exact) mass is 338 g/mol. The van der Waals surface area contributed by atoms with E-state index in [-0.39, 0.29) is 29.9 Å². The second-order valence-electron chi connectivity index (χ2n) is 6.32. The minimum Gasteiger partial charge on any atom is -0.497 e. The van der Waals surface area contributed by atoms with Gasteiger partial charge >= 0.3 is 0 Å². The molecule has 0 aliphatic rings. The summed E-state index contributed by atoms with van der Waals surface area (Å²) in [4.78, 5) is 0. The van der Waals surface area contributed by atoms with E-state index in [4.69, 9.17) is 9.47 Å². The fourth-order valence-corrected chi connectivity index (χ4v) is 2.59. The molecule has 0 saturated heterocycles. The van der Waals surface area contributed by atoms with Gasteiger partial charge in [0, 0.05) is 41.4 Å². The minimum absolute atomic E-state index is 0.0178. The summed E-state index contributed by atoms with van der Waals surface area (Å²) in [5, 5.41) is 4.46. The molecule has 0 aliphatic carbocycles. The summed E-state index contributed by atoms with van der Waals surface area (Å²) in [5.41, 5.74) is 1.52. The Morgan fingerprint density at radius 1 is 1.08 bits per heavy atom. The maximum Gasteiger partial charge on any atom is 0.236 e. The molecule has 6 heteroatoms. The number of hydrogen-bond acceptors (Lipinski definition) is 3. The predicted molar refractivity (Wildman–Crippen MR) is 88.8 cm³/mol. The van der Waals surface area contributed by atoms with E-state index in [1.54, 1.807) is 0 Å². The zero-order valence-corrected chi connectivity index (χ0v) is 15.0. The third kappa shape index (κ3) is 3.68. The molecule has 0 atom stereocenters. The molecule has 132 valence electrons. The summed E-state index contributed by atoms with van der Waals surface area (Å²) in [6.45, 7) is 9.66. The lowest BCUT2D eigenvalue weighted by atomic mass is 10.0. The molecule has 0 aliphatic heterocycles. The number of halogens is 2. The van der Waals surface area contributed by atoms with Gasteiger partial charge in [0.15, 0.2) is 0 Å². The van der Waals surface area contributed by atoms with E-state index in [1.807, 2.05) is 39.3 Å². The van der Waals surface area contributed by atoms with Crippen molar-refractivity contribution in [2.75, 3.05) is 7.11 Å². The van der Waals surface area contributed by atoms with Crippen LogP contribution in [0.25, 0.3) is 0 Å². The molecular weight excluding hydrogens is 314 g/mol. The number of methoxy groups -OCH3 is 1. The Labute approximate surface area is 141 Å². The Hall–Kier alpha value is -2.11. The molecular formula is C18H24F2N2O2. The molecule has 1 aromatic carbocycles. The Kier molecular flexibility index (Phi) is 5.47. The Morgan fingerprint density at radius 2 is 1.67 bits per heavy atom. The number of aromatic nitrogens is 2. The lowest BCUT2D eigenvalue weighted by Crippen LogP contribution is -2.09. The van der Waals surface area contributed by atoms with Crippen LogP contribution in [0.5, 0.6) is 11.6 Å². The van der Waals surface area contributed by atoms with Crippen molar-refractivity contribution in [3.05, 3.63) is 40.6 Å². The molecule has 0 N–H and O–H groups in total. The first-order chi connectivity index (χ1) is 11.2. The predicted octanol–water partition coefficient (Wildman–Crippen LogP) is 4.44. The molecule has 0 amide bonds. The highest BCUT2D eigenvalue weighted by molar-refractivity contribution is 5.39. The van der Waals surface area contributed by atoms with Gasteiger partial charge in [0.2, 0.25) is 5.88 Å². The smallest absolute Gasteiger partial charge is 0.236 e. The molecule has 2 rings (SSSR count). The lowest BCUT2D eigenvalue weighted by Gasteiger charge is -2.11. The molecule has 4 nitrogen and oxygen atoms in total. The van der Waals surface area contributed by atoms with Gasteiger partial charge in [-0.05, 0) is 34.6 Å².